The van der Waals surface area contributed by atoms with E-state index in [0.29, 0.717) is 6.04 Å². The van der Waals surface area contributed by atoms with E-state index in [1.807, 2.05) is 0 Å². The molecule has 3 atom stereocenters. The number of piperidine rings is 1. The molecule has 2 rings (SSSR count). The molecule has 2 fully saturated rings. The number of hydrogen-bond acceptors (Lipinski definition) is 2. The van der Waals surface area contributed by atoms with E-state index < -0.39 is 0 Å². The average molecular weight is 183 g/mol. The highest BCUT2D eigenvalue weighted by Gasteiger charge is 2.51. The molecule has 1 saturated carbocycles. The van der Waals surface area contributed by atoms with Gasteiger partial charge in [-0.3, -0.25) is 0 Å². The molecular formula is C11H21NO. The van der Waals surface area contributed by atoms with Gasteiger partial charge in [-0.15, -0.1) is 0 Å². The van der Waals surface area contributed by atoms with Crippen molar-refractivity contribution in [1.29, 1.82) is 0 Å². The lowest BCUT2D eigenvalue weighted by Gasteiger charge is -2.27. The predicted molar refractivity (Wildman–Crippen MR) is 53.7 cm³/mol. The number of hydrogen-bond donors (Lipinski definition) is 0. The molecular weight excluding hydrogens is 162 g/mol. The third kappa shape index (κ3) is 2.05. The van der Waals surface area contributed by atoms with E-state index in [-0.39, 0.29) is 5.60 Å². The Balaban J connectivity index is 1.81. The molecule has 0 aromatic rings. The summed E-state index contributed by atoms with van der Waals surface area (Å²) >= 11 is 0. The topological polar surface area (TPSA) is 12.5 Å². The molecule has 2 heteroatoms. The second-order valence-corrected chi connectivity index (χ2v) is 5.59. The molecule has 0 radical (unpaired) electrons. The van der Waals surface area contributed by atoms with Crippen LogP contribution in [0.4, 0.5) is 0 Å². The maximum absolute atomic E-state index is 5.84. The van der Waals surface area contributed by atoms with Gasteiger partial charge in [0.05, 0.1) is 12.2 Å². The van der Waals surface area contributed by atoms with Crippen LogP contribution in [0.1, 0.15) is 27.2 Å². The Morgan fingerprint density at radius 1 is 1.38 bits per heavy atom. The zero-order valence-corrected chi connectivity index (χ0v) is 9.21. The molecule has 13 heavy (non-hydrogen) atoms. The molecule has 1 saturated heterocycles. The molecule has 0 unspecified atom stereocenters. The zero-order chi connectivity index (χ0) is 9.64. The molecule has 0 N–H and O–H groups in total. The third-order valence-corrected chi connectivity index (χ3v) is 3.25. The fourth-order valence-corrected chi connectivity index (χ4v) is 2.37. The van der Waals surface area contributed by atoms with Crippen molar-refractivity contribution in [1.82, 2.24) is 4.90 Å². The first-order chi connectivity index (χ1) is 5.97. The Hall–Kier alpha value is -0.0800. The molecule has 2 aliphatic rings. The highest BCUT2D eigenvalue weighted by Crippen LogP contribution is 2.48. The summed E-state index contributed by atoms with van der Waals surface area (Å²) in [7, 11) is 2.23. The van der Waals surface area contributed by atoms with Crippen LogP contribution < -0.4 is 0 Å². The molecule has 0 aromatic heterocycles. The predicted octanol–water partition coefficient (Wildman–Crippen LogP) is 1.75. The molecule has 76 valence electrons. The minimum Gasteiger partial charge on any atom is -0.374 e. The normalized spacial score (nSPS) is 39.2. The number of rotatable bonds is 2. The van der Waals surface area contributed by atoms with Crippen LogP contribution in [0.5, 0.6) is 0 Å². The highest BCUT2D eigenvalue weighted by molar-refractivity contribution is 5.03. The standard InChI is InChI=1S/C11H21NO/c1-11(2,3)13-7-10-9-5-8(9)6-12(10)4/h8-10H,5-7H2,1-4H3/t8-,9-,10+/m0/s1. The number of fused-ring (bicyclic) bond motifs is 1. The minimum atomic E-state index is 0.0216. The van der Waals surface area contributed by atoms with Gasteiger partial charge in [0.15, 0.2) is 0 Å². The Kier molecular flexibility index (Phi) is 2.16. The number of nitrogens with zero attached hydrogens (tertiary/aromatic N) is 1. The van der Waals surface area contributed by atoms with Gasteiger partial charge in [-0.05, 0) is 46.1 Å². The lowest BCUT2D eigenvalue weighted by Crippen LogP contribution is -2.36. The minimum absolute atomic E-state index is 0.0216. The van der Waals surface area contributed by atoms with Gasteiger partial charge in [0, 0.05) is 12.6 Å². The van der Waals surface area contributed by atoms with Gasteiger partial charge in [0.25, 0.3) is 0 Å². The third-order valence-electron chi connectivity index (χ3n) is 3.25. The van der Waals surface area contributed by atoms with Crippen LogP contribution in [-0.4, -0.2) is 36.7 Å². The smallest absolute Gasteiger partial charge is 0.0631 e. The van der Waals surface area contributed by atoms with Gasteiger partial charge in [0.2, 0.25) is 0 Å². The summed E-state index contributed by atoms with van der Waals surface area (Å²) in [6.07, 6.45) is 1.45. The Bertz CT molecular complexity index is 195. The van der Waals surface area contributed by atoms with E-state index in [1.54, 1.807) is 0 Å². The van der Waals surface area contributed by atoms with E-state index in [9.17, 15) is 0 Å². The average Bonchev–Trinajstić information content (AvgIpc) is 2.60. The van der Waals surface area contributed by atoms with Gasteiger partial charge in [-0.1, -0.05) is 0 Å². The molecule has 1 aliphatic carbocycles. The van der Waals surface area contributed by atoms with Gasteiger partial charge in [0.1, 0.15) is 0 Å². The van der Waals surface area contributed by atoms with Crippen LogP contribution in [0.2, 0.25) is 0 Å². The van der Waals surface area contributed by atoms with E-state index in [1.165, 1.54) is 13.0 Å². The van der Waals surface area contributed by atoms with E-state index in [2.05, 4.69) is 32.7 Å². The number of likely N-dealkylation sites (N-methyl/N-ethyl adjacent to an activating group) is 1. The van der Waals surface area contributed by atoms with Crippen molar-refractivity contribution >= 4 is 0 Å². The largest absolute Gasteiger partial charge is 0.374 e. The molecule has 0 bridgehead atoms. The quantitative estimate of drug-likeness (QED) is 0.646. The highest BCUT2D eigenvalue weighted by atomic mass is 16.5. The maximum atomic E-state index is 5.84. The SMILES string of the molecule is CN1C[C@@H]2C[C@@H]2[C@H]1COC(C)(C)C. The first-order valence-electron chi connectivity index (χ1n) is 5.31. The summed E-state index contributed by atoms with van der Waals surface area (Å²) in [5.41, 5.74) is 0.0216. The Labute approximate surface area is 81.3 Å². The van der Waals surface area contributed by atoms with Crippen LogP contribution in [0.25, 0.3) is 0 Å². The van der Waals surface area contributed by atoms with E-state index in [4.69, 9.17) is 4.74 Å². The molecule has 1 heterocycles. The van der Waals surface area contributed by atoms with Gasteiger partial charge in [-0.2, -0.15) is 0 Å². The lowest BCUT2D eigenvalue weighted by molar-refractivity contribution is -0.0296. The fourth-order valence-electron chi connectivity index (χ4n) is 2.37. The van der Waals surface area contributed by atoms with Gasteiger partial charge < -0.3 is 9.64 Å². The van der Waals surface area contributed by atoms with Gasteiger partial charge >= 0.3 is 0 Å². The molecule has 1 aliphatic heterocycles. The number of ether oxygens (including phenoxy) is 1. The van der Waals surface area contributed by atoms with E-state index >= 15 is 0 Å². The van der Waals surface area contributed by atoms with Crippen LogP contribution in [0.15, 0.2) is 0 Å². The summed E-state index contributed by atoms with van der Waals surface area (Å²) in [6, 6.07) is 0.698. The Morgan fingerprint density at radius 3 is 2.54 bits per heavy atom. The van der Waals surface area contributed by atoms with Crippen LogP contribution in [-0.2, 0) is 4.74 Å². The van der Waals surface area contributed by atoms with Crippen molar-refractivity contribution < 1.29 is 4.74 Å². The molecule has 0 amide bonds. The maximum Gasteiger partial charge on any atom is 0.0631 e. The Morgan fingerprint density at radius 2 is 2.08 bits per heavy atom. The van der Waals surface area contributed by atoms with Gasteiger partial charge in [-0.25, -0.2) is 0 Å². The van der Waals surface area contributed by atoms with Crippen LogP contribution >= 0.6 is 0 Å². The van der Waals surface area contributed by atoms with Crippen molar-refractivity contribution in [3.05, 3.63) is 0 Å². The van der Waals surface area contributed by atoms with Crippen LogP contribution in [0, 0.1) is 11.8 Å². The van der Waals surface area contributed by atoms with Crippen molar-refractivity contribution in [2.45, 2.75) is 38.8 Å². The first kappa shape index (κ1) is 9.47. The van der Waals surface area contributed by atoms with Crippen molar-refractivity contribution in [2.75, 3.05) is 20.2 Å². The molecule has 0 aromatic carbocycles. The summed E-state index contributed by atoms with van der Waals surface area (Å²) in [6.45, 7) is 8.61. The van der Waals surface area contributed by atoms with E-state index in [0.717, 1.165) is 18.4 Å². The summed E-state index contributed by atoms with van der Waals surface area (Å²) in [4.78, 5) is 2.46. The first-order valence-corrected chi connectivity index (χ1v) is 5.31. The second kappa shape index (κ2) is 2.96. The van der Waals surface area contributed by atoms with Crippen LogP contribution in [0.3, 0.4) is 0 Å². The summed E-state index contributed by atoms with van der Waals surface area (Å²) in [5.74, 6) is 1.95. The lowest BCUT2D eigenvalue weighted by atomic mass is 10.1. The number of likely N-dealkylation sites (tertiary alicyclic amines) is 1. The molecule has 0 spiro atoms. The second-order valence-electron chi connectivity index (χ2n) is 5.59. The summed E-state index contributed by atoms with van der Waals surface area (Å²) in [5, 5.41) is 0. The molecule has 2 nitrogen and oxygen atoms in total. The van der Waals surface area contributed by atoms with Crippen molar-refractivity contribution in [3.8, 4) is 0 Å². The zero-order valence-electron chi connectivity index (χ0n) is 9.21. The monoisotopic (exact) mass is 183 g/mol. The van der Waals surface area contributed by atoms with Crippen molar-refractivity contribution in [2.24, 2.45) is 11.8 Å². The van der Waals surface area contributed by atoms with Crippen molar-refractivity contribution in [3.63, 3.8) is 0 Å². The summed E-state index contributed by atoms with van der Waals surface area (Å²) < 4.78 is 5.84. The fraction of sp³-hybridized carbons (Fsp3) is 1.00.